The highest BCUT2D eigenvalue weighted by molar-refractivity contribution is 6.33. The van der Waals surface area contributed by atoms with Gasteiger partial charge in [0.05, 0.1) is 39.7 Å². The van der Waals surface area contributed by atoms with E-state index in [2.05, 4.69) is 25.9 Å². The maximum Gasteiger partial charge on any atom is 0.251 e. The summed E-state index contributed by atoms with van der Waals surface area (Å²) in [6.45, 7) is 0. The second kappa shape index (κ2) is 7.38. The molecule has 0 aliphatic heterocycles. The van der Waals surface area contributed by atoms with Crippen molar-refractivity contribution in [2.75, 3.05) is 5.32 Å². The minimum Gasteiger partial charge on any atom is -0.349 e. The van der Waals surface area contributed by atoms with Crippen LogP contribution in [0.3, 0.4) is 0 Å². The molecule has 2 N–H and O–H groups in total. The first kappa shape index (κ1) is 18.5. The Balaban J connectivity index is 1.49. The van der Waals surface area contributed by atoms with E-state index in [-0.39, 0.29) is 17.8 Å². The van der Waals surface area contributed by atoms with Crippen molar-refractivity contribution in [3.8, 4) is 5.69 Å². The van der Waals surface area contributed by atoms with Crippen LogP contribution in [0.4, 0.5) is 15.9 Å². The Bertz CT molecular complexity index is 1270. The van der Waals surface area contributed by atoms with Gasteiger partial charge >= 0.3 is 0 Å². The molecule has 7 nitrogen and oxygen atoms in total. The molecule has 2 heterocycles. The van der Waals surface area contributed by atoms with Gasteiger partial charge in [0.15, 0.2) is 5.82 Å². The van der Waals surface area contributed by atoms with Crippen molar-refractivity contribution in [2.45, 2.75) is 18.9 Å². The van der Waals surface area contributed by atoms with E-state index in [9.17, 15) is 9.18 Å². The van der Waals surface area contributed by atoms with Gasteiger partial charge in [0.2, 0.25) is 0 Å². The van der Waals surface area contributed by atoms with Crippen molar-refractivity contribution in [1.29, 1.82) is 0 Å². The number of nitrogens with zero attached hydrogens (tertiary/aromatic N) is 4. The molecular weight excluding hydrogens is 407 g/mol. The van der Waals surface area contributed by atoms with Gasteiger partial charge in [0, 0.05) is 11.6 Å². The lowest BCUT2D eigenvalue weighted by Gasteiger charge is -2.11. The van der Waals surface area contributed by atoms with Crippen LogP contribution in [0.2, 0.25) is 5.02 Å². The molecule has 9 heteroatoms. The Morgan fingerprint density at radius 3 is 2.83 bits per heavy atom. The molecule has 4 aromatic rings. The molecule has 0 unspecified atom stereocenters. The van der Waals surface area contributed by atoms with Crippen LogP contribution in [0, 0.1) is 5.82 Å². The first-order valence-electron chi connectivity index (χ1n) is 9.41. The summed E-state index contributed by atoms with van der Waals surface area (Å²) in [5, 5.41) is 19.8. The molecule has 1 fully saturated rings. The highest BCUT2D eigenvalue weighted by atomic mass is 35.5. The summed E-state index contributed by atoms with van der Waals surface area (Å²) in [7, 11) is 0. The van der Waals surface area contributed by atoms with E-state index >= 15 is 0 Å². The number of fused-ring (bicyclic) bond motifs is 1. The van der Waals surface area contributed by atoms with Gasteiger partial charge < -0.3 is 10.6 Å². The quantitative estimate of drug-likeness (QED) is 0.502. The predicted octanol–water partition coefficient (Wildman–Crippen LogP) is 4.24. The van der Waals surface area contributed by atoms with Gasteiger partial charge in [0.25, 0.3) is 5.91 Å². The molecule has 1 aliphatic rings. The summed E-state index contributed by atoms with van der Waals surface area (Å²) < 4.78 is 15.2. The van der Waals surface area contributed by atoms with E-state index in [1.807, 2.05) is 0 Å². The number of halogens is 2. The number of hydrogen-bond donors (Lipinski definition) is 2. The standard InChI is InChI=1S/C21H16ClFN6O/c22-17-7-4-12(21(30)26-14-5-6-14)8-18(17)27-20-16-10-25-29(19(16)11-24-28-20)15-3-1-2-13(23)9-15/h1-4,7-11,14H,5-6H2,(H,26,30)(H,27,28). The molecule has 1 aliphatic carbocycles. The SMILES string of the molecule is O=C(NC1CC1)c1ccc(Cl)c(Nc2nncc3c2cnn3-c2cccc(F)c2)c1. The molecule has 30 heavy (non-hydrogen) atoms. The van der Waals surface area contributed by atoms with E-state index in [0.717, 1.165) is 12.8 Å². The fourth-order valence-electron chi connectivity index (χ4n) is 3.15. The number of carbonyl (C=O) groups is 1. The van der Waals surface area contributed by atoms with E-state index in [1.54, 1.807) is 47.4 Å². The van der Waals surface area contributed by atoms with Crippen LogP contribution in [0.25, 0.3) is 16.6 Å². The van der Waals surface area contributed by atoms with Gasteiger partial charge in [0.1, 0.15) is 5.82 Å². The Morgan fingerprint density at radius 2 is 2.03 bits per heavy atom. The van der Waals surface area contributed by atoms with Gasteiger partial charge in [-0.15, -0.1) is 5.10 Å². The summed E-state index contributed by atoms with van der Waals surface area (Å²) in [6.07, 6.45) is 5.20. The Hall–Kier alpha value is -3.52. The number of aromatic nitrogens is 4. The van der Waals surface area contributed by atoms with Crippen LogP contribution in [0.5, 0.6) is 0 Å². The van der Waals surface area contributed by atoms with Crippen molar-refractivity contribution in [3.05, 3.63) is 71.3 Å². The first-order valence-corrected chi connectivity index (χ1v) is 9.79. The summed E-state index contributed by atoms with van der Waals surface area (Å²) in [5.41, 5.74) is 2.25. The van der Waals surface area contributed by atoms with Crippen molar-refractivity contribution in [2.24, 2.45) is 0 Å². The highest BCUT2D eigenvalue weighted by Gasteiger charge is 2.24. The number of benzene rings is 2. The Kier molecular flexibility index (Phi) is 4.55. The Morgan fingerprint density at radius 1 is 1.17 bits per heavy atom. The highest BCUT2D eigenvalue weighted by Crippen LogP contribution is 2.30. The van der Waals surface area contributed by atoms with Gasteiger partial charge in [-0.3, -0.25) is 4.79 Å². The van der Waals surface area contributed by atoms with Crippen molar-refractivity contribution >= 4 is 39.9 Å². The Labute approximate surface area is 175 Å². The average molecular weight is 423 g/mol. The van der Waals surface area contributed by atoms with Gasteiger partial charge in [-0.2, -0.15) is 10.2 Å². The zero-order valence-electron chi connectivity index (χ0n) is 15.6. The lowest BCUT2D eigenvalue weighted by molar-refractivity contribution is 0.0951. The van der Waals surface area contributed by atoms with Crippen molar-refractivity contribution in [1.82, 2.24) is 25.3 Å². The third-order valence-electron chi connectivity index (χ3n) is 4.85. The van der Waals surface area contributed by atoms with Crippen LogP contribution in [-0.2, 0) is 0 Å². The average Bonchev–Trinajstić information content (AvgIpc) is 3.44. The van der Waals surface area contributed by atoms with E-state index < -0.39 is 0 Å². The lowest BCUT2D eigenvalue weighted by atomic mass is 10.2. The number of hydrogen-bond acceptors (Lipinski definition) is 5. The second-order valence-corrected chi connectivity index (χ2v) is 7.50. The molecule has 1 amide bonds. The number of rotatable bonds is 5. The van der Waals surface area contributed by atoms with Crippen molar-refractivity contribution < 1.29 is 9.18 Å². The maximum absolute atomic E-state index is 13.6. The van der Waals surface area contributed by atoms with Gasteiger partial charge in [-0.05, 0) is 49.2 Å². The molecule has 1 saturated carbocycles. The zero-order chi connectivity index (χ0) is 20.7. The largest absolute Gasteiger partial charge is 0.349 e. The first-order chi connectivity index (χ1) is 14.6. The number of amides is 1. The fraction of sp³-hybridized carbons (Fsp3) is 0.143. The summed E-state index contributed by atoms with van der Waals surface area (Å²) >= 11 is 6.33. The molecule has 150 valence electrons. The zero-order valence-corrected chi connectivity index (χ0v) is 16.4. The molecule has 0 atom stereocenters. The molecule has 2 aromatic heterocycles. The summed E-state index contributed by atoms with van der Waals surface area (Å²) in [6, 6.07) is 11.4. The minimum absolute atomic E-state index is 0.138. The molecule has 0 bridgehead atoms. The molecule has 2 aromatic carbocycles. The predicted molar refractivity (Wildman–Crippen MR) is 112 cm³/mol. The minimum atomic E-state index is -0.357. The van der Waals surface area contributed by atoms with Crippen LogP contribution in [0.15, 0.2) is 54.9 Å². The second-order valence-electron chi connectivity index (χ2n) is 7.10. The summed E-state index contributed by atoms with van der Waals surface area (Å²) in [5.74, 6) is -0.0678. The van der Waals surface area contributed by atoms with Gasteiger partial charge in [-0.1, -0.05) is 17.7 Å². The maximum atomic E-state index is 13.6. The smallest absolute Gasteiger partial charge is 0.251 e. The molecule has 0 radical (unpaired) electrons. The van der Waals surface area contributed by atoms with Crippen LogP contribution in [0.1, 0.15) is 23.2 Å². The lowest BCUT2D eigenvalue weighted by Crippen LogP contribution is -2.25. The third-order valence-corrected chi connectivity index (χ3v) is 5.18. The van der Waals surface area contributed by atoms with Crippen molar-refractivity contribution in [3.63, 3.8) is 0 Å². The van der Waals surface area contributed by atoms with Crippen LogP contribution < -0.4 is 10.6 Å². The third kappa shape index (κ3) is 3.57. The normalized spacial score (nSPS) is 13.4. The van der Waals surface area contributed by atoms with E-state index in [0.29, 0.717) is 38.7 Å². The van der Waals surface area contributed by atoms with Crippen LogP contribution in [-0.4, -0.2) is 31.9 Å². The fourth-order valence-corrected chi connectivity index (χ4v) is 3.32. The number of carbonyl (C=O) groups excluding carboxylic acids is 1. The van der Waals surface area contributed by atoms with Crippen LogP contribution >= 0.6 is 11.6 Å². The van der Waals surface area contributed by atoms with Gasteiger partial charge in [-0.25, -0.2) is 9.07 Å². The molecule has 5 rings (SSSR count). The monoisotopic (exact) mass is 422 g/mol. The number of anilines is 2. The van der Waals surface area contributed by atoms with E-state index in [4.69, 9.17) is 11.6 Å². The van der Waals surface area contributed by atoms with E-state index in [1.165, 1.54) is 12.1 Å². The topological polar surface area (TPSA) is 84.7 Å². The molecule has 0 spiro atoms. The number of nitrogens with one attached hydrogen (secondary N) is 2. The molecular formula is C21H16ClFN6O. The summed E-state index contributed by atoms with van der Waals surface area (Å²) in [4.78, 5) is 12.4. The molecule has 0 saturated heterocycles.